The fourth-order valence-electron chi connectivity index (χ4n) is 2.25. The van der Waals surface area contributed by atoms with Crippen LogP contribution in [0.5, 0.6) is 5.75 Å². The van der Waals surface area contributed by atoms with Crippen molar-refractivity contribution in [2.45, 2.75) is 6.42 Å². The molecule has 1 heterocycles. The number of ether oxygens (including phenoxy) is 1. The van der Waals surface area contributed by atoms with Gasteiger partial charge in [0.25, 0.3) is 5.91 Å². The zero-order chi connectivity index (χ0) is 16.2. The van der Waals surface area contributed by atoms with E-state index in [2.05, 4.69) is 10.6 Å². The highest BCUT2D eigenvalue weighted by atomic mass is 16.5. The summed E-state index contributed by atoms with van der Waals surface area (Å²) < 4.78 is 5.45. The molecule has 23 heavy (non-hydrogen) atoms. The molecule has 2 N–H and O–H groups in total. The fraction of sp³-hybridized carbons (Fsp3) is 0.118. The molecule has 0 aliphatic carbocycles. The van der Waals surface area contributed by atoms with Crippen LogP contribution in [0.25, 0.3) is 0 Å². The molecular formula is C17H13N3O3. The van der Waals surface area contributed by atoms with Crippen LogP contribution in [-0.2, 0) is 4.79 Å². The standard InChI is InChI=1S/C17H13N3O3/c18-10-12-3-1-2-4-13(12)20-17(22)11-5-6-15-14(9-11)19-16(21)7-8-23-15/h1-6,9H,7-8H2,(H,19,21)(H,20,22). The van der Waals surface area contributed by atoms with E-state index in [-0.39, 0.29) is 18.2 Å². The topological polar surface area (TPSA) is 91.2 Å². The number of benzene rings is 2. The van der Waals surface area contributed by atoms with Crippen molar-refractivity contribution in [2.75, 3.05) is 17.2 Å². The van der Waals surface area contributed by atoms with Gasteiger partial charge in [-0.05, 0) is 30.3 Å². The molecule has 0 spiro atoms. The number of hydrogen-bond donors (Lipinski definition) is 2. The Labute approximate surface area is 132 Å². The van der Waals surface area contributed by atoms with E-state index in [1.165, 1.54) is 0 Å². The van der Waals surface area contributed by atoms with Gasteiger partial charge in [0.15, 0.2) is 0 Å². The first-order valence-corrected chi connectivity index (χ1v) is 7.04. The Morgan fingerprint density at radius 2 is 2.09 bits per heavy atom. The van der Waals surface area contributed by atoms with E-state index in [4.69, 9.17) is 10.00 Å². The van der Waals surface area contributed by atoms with Crippen molar-refractivity contribution < 1.29 is 14.3 Å². The van der Waals surface area contributed by atoms with Gasteiger partial charge in [0.1, 0.15) is 11.8 Å². The van der Waals surface area contributed by atoms with Crippen molar-refractivity contribution in [1.82, 2.24) is 0 Å². The molecule has 1 aliphatic heterocycles. The molecule has 2 amide bonds. The molecule has 2 aromatic rings. The summed E-state index contributed by atoms with van der Waals surface area (Å²) >= 11 is 0. The van der Waals surface area contributed by atoms with Crippen LogP contribution in [0.4, 0.5) is 11.4 Å². The summed E-state index contributed by atoms with van der Waals surface area (Å²) in [5.41, 5.74) is 1.65. The van der Waals surface area contributed by atoms with Gasteiger partial charge in [0, 0.05) is 5.56 Å². The second kappa shape index (κ2) is 6.20. The van der Waals surface area contributed by atoms with Crippen LogP contribution in [0.15, 0.2) is 42.5 Å². The van der Waals surface area contributed by atoms with Gasteiger partial charge in [-0.2, -0.15) is 5.26 Å². The second-order valence-corrected chi connectivity index (χ2v) is 4.97. The number of fused-ring (bicyclic) bond motifs is 1. The first kappa shape index (κ1) is 14.6. The van der Waals surface area contributed by atoms with Gasteiger partial charge in [-0.25, -0.2) is 0 Å². The Morgan fingerprint density at radius 3 is 2.91 bits per heavy atom. The van der Waals surface area contributed by atoms with Crippen LogP contribution in [-0.4, -0.2) is 18.4 Å². The molecule has 0 fully saturated rings. The van der Waals surface area contributed by atoms with Crippen molar-refractivity contribution in [2.24, 2.45) is 0 Å². The van der Waals surface area contributed by atoms with Crippen LogP contribution < -0.4 is 15.4 Å². The molecule has 0 saturated carbocycles. The third-order valence-electron chi connectivity index (χ3n) is 3.40. The number of carbonyl (C=O) groups excluding carboxylic acids is 2. The maximum atomic E-state index is 12.4. The zero-order valence-electron chi connectivity index (χ0n) is 12.1. The SMILES string of the molecule is N#Cc1ccccc1NC(=O)c1ccc2c(c1)NC(=O)CCO2. The van der Waals surface area contributed by atoms with Crippen LogP contribution in [0.2, 0.25) is 0 Å². The molecular weight excluding hydrogens is 294 g/mol. The largest absolute Gasteiger partial charge is 0.491 e. The molecule has 0 radical (unpaired) electrons. The Hall–Kier alpha value is -3.33. The van der Waals surface area contributed by atoms with Crippen molar-refractivity contribution in [3.05, 3.63) is 53.6 Å². The van der Waals surface area contributed by atoms with E-state index in [0.717, 1.165) is 0 Å². The van der Waals surface area contributed by atoms with Crippen molar-refractivity contribution in [3.63, 3.8) is 0 Å². The highest BCUT2D eigenvalue weighted by Crippen LogP contribution is 2.28. The van der Waals surface area contributed by atoms with Crippen LogP contribution >= 0.6 is 0 Å². The van der Waals surface area contributed by atoms with E-state index >= 15 is 0 Å². The lowest BCUT2D eigenvalue weighted by atomic mass is 10.1. The molecule has 0 saturated heterocycles. The Morgan fingerprint density at radius 1 is 1.26 bits per heavy atom. The molecule has 0 atom stereocenters. The molecule has 3 rings (SSSR count). The number of anilines is 2. The van der Waals surface area contributed by atoms with E-state index in [1.54, 1.807) is 42.5 Å². The van der Waals surface area contributed by atoms with E-state index in [0.29, 0.717) is 34.9 Å². The average molecular weight is 307 g/mol. The maximum absolute atomic E-state index is 12.4. The predicted molar refractivity (Wildman–Crippen MR) is 84.3 cm³/mol. The van der Waals surface area contributed by atoms with Gasteiger partial charge in [0.2, 0.25) is 5.91 Å². The minimum Gasteiger partial charge on any atom is -0.491 e. The summed E-state index contributed by atoms with van der Waals surface area (Å²) in [5, 5.41) is 14.5. The van der Waals surface area contributed by atoms with E-state index in [1.807, 2.05) is 6.07 Å². The second-order valence-electron chi connectivity index (χ2n) is 4.97. The number of carbonyl (C=O) groups is 2. The smallest absolute Gasteiger partial charge is 0.255 e. The van der Waals surface area contributed by atoms with Crippen molar-refractivity contribution in [1.29, 1.82) is 5.26 Å². The Kier molecular flexibility index (Phi) is 3.93. The average Bonchev–Trinajstić information content (AvgIpc) is 2.75. The summed E-state index contributed by atoms with van der Waals surface area (Å²) in [5.74, 6) is 0.00922. The molecule has 6 heteroatoms. The van der Waals surface area contributed by atoms with Crippen LogP contribution in [0.1, 0.15) is 22.3 Å². The molecule has 2 aromatic carbocycles. The van der Waals surface area contributed by atoms with Gasteiger partial charge >= 0.3 is 0 Å². The third kappa shape index (κ3) is 3.14. The quantitative estimate of drug-likeness (QED) is 0.892. The number of hydrogen-bond acceptors (Lipinski definition) is 4. The normalized spacial score (nSPS) is 12.9. The Bertz CT molecular complexity index is 824. The van der Waals surface area contributed by atoms with E-state index in [9.17, 15) is 9.59 Å². The highest BCUT2D eigenvalue weighted by molar-refractivity contribution is 6.06. The number of para-hydroxylation sites is 1. The number of nitrogens with zero attached hydrogens (tertiary/aromatic N) is 1. The summed E-state index contributed by atoms with van der Waals surface area (Å²) in [6.07, 6.45) is 0.270. The van der Waals surface area contributed by atoms with Crippen LogP contribution in [0.3, 0.4) is 0 Å². The van der Waals surface area contributed by atoms with Gasteiger partial charge < -0.3 is 15.4 Å². The lowest BCUT2D eigenvalue weighted by Gasteiger charge is -2.10. The fourth-order valence-corrected chi connectivity index (χ4v) is 2.25. The van der Waals surface area contributed by atoms with Crippen molar-refractivity contribution >= 4 is 23.2 Å². The predicted octanol–water partition coefficient (Wildman–Crippen LogP) is 2.53. The highest BCUT2D eigenvalue weighted by Gasteiger charge is 2.16. The summed E-state index contributed by atoms with van der Waals surface area (Å²) in [4.78, 5) is 23.9. The molecule has 6 nitrogen and oxygen atoms in total. The lowest BCUT2D eigenvalue weighted by molar-refractivity contribution is -0.116. The zero-order valence-corrected chi connectivity index (χ0v) is 12.1. The number of amides is 2. The Balaban J connectivity index is 1.86. The van der Waals surface area contributed by atoms with Gasteiger partial charge in [-0.15, -0.1) is 0 Å². The maximum Gasteiger partial charge on any atom is 0.255 e. The third-order valence-corrected chi connectivity index (χ3v) is 3.40. The summed E-state index contributed by atoms with van der Waals surface area (Å²) in [6.45, 7) is 0.305. The first-order valence-electron chi connectivity index (χ1n) is 7.04. The molecule has 114 valence electrons. The van der Waals surface area contributed by atoms with Crippen molar-refractivity contribution in [3.8, 4) is 11.8 Å². The van der Waals surface area contributed by atoms with E-state index < -0.39 is 0 Å². The van der Waals surface area contributed by atoms with Crippen LogP contribution in [0, 0.1) is 11.3 Å². The molecule has 0 bridgehead atoms. The minimum atomic E-state index is -0.367. The number of nitriles is 1. The molecule has 1 aliphatic rings. The summed E-state index contributed by atoms with van der Waals surface area (Å²) in [6, 6.07) is 13.6. The van der Waals surface area contributed by atoms with Gasteiger partial charge in [-0.3, -0.25) is 9.59 Å². The molecule has 0 aromatic heterocycles. The summed E-state index contributed by atoms with van der Waals surface area (Å²) in [7, 11) is 0. The van der Waals surface area contributed by atoms with Gasteiger partial charge in [-0.1, -0.05) is 12.1 Å². The monoisotopic (exact) mass is 307 g/mol. The number of rotatable bonds is 2. The van der Waals surface area contributed by atoms with Gasteiger partial charge in [0.05, 0.1) is 30.0 Å². The lowest BCUT2D eigenvalue weighted by Crippen LogP contribution is -2.14. The minimum absolute atomic E-state index is 0.156. The molecule has 0 unspecified atom stereocenters. The first-order chi connectivity index (χ1) is 11.2. The number of nitrogens with one attached hydrogen (secondary N) is 2.